The number of aromatic amines is 1. The number of nitrogens with one attached hydrogen (secondary N) is 4. The highest BCUT2D eigenvalue weighted by atomic mass is 32.2. The van der Waals surface area contributed by atoms with Crippen molar-refractivity contribution in [3.8, 4) is 0 Å². The molecule has 3 aliphatic rings. The molecule has 0 unspecified atom stereocenters. The fraction of sp³-hybridized carbons (Fsp3) is 0.545. The molecule has 5 rings (SSSR count). The van der Waals surface area contributed by atoms with Crippen LogP contribution in [0.4, 0.5) is 4.79 Å². The Hall–Kier alpha value is -2.15. The predicted molar refractivity (Wildman–Crippen MR) is 116 cm³/mol. The Morgan fingerprint density at radius 2 is 2.10 bits per heavy atom. The summed E-state index contributed by atoms with van der Waals surface area (Å²) in [6, 6.07) is 9.01. The van der Waals surface area contributed by atoms with Crippen LogP contribution in [0.3, 0.4) is 0 Å². The lowest BCUT2D eigenvalue weighted by Crippen LogP contribution is -2.36. The Morgan fingerprint density at radius 1 is 1.21 bits per heavy atom. The van der Waals surface area contributed by atoms with Crippen LogP contribution in [0.1, 0.15) is 55.8 Å². The first-order valence-corrected chi connectivity index (χ1v) is 11.8. The van der Waals surface area contributed by atoms with E-state index >= 15 is 0 Å². The topological polar surface area (TPSA) is 86.0 Å². The van der Waals surface area contributed by atoms with Gasteiger partial charge in [0.15, 0.2) is 0 Å². The number of hydrogen-bond acceptors (Lipinski definition) is 3. The van der Waals surface area contributed by atoms with E-state index in [2.05, 4.69) is 45.2 Å². The summed E-state index contributed by atoms with van der Waals surface area (Å²) in [7, 11) is 0. The highest BCUT2D eigenvalue weighted by Gasteiger charge is 2.42. The molecule has 2 saturated heterocycles. The Morgan fingerprint density at radius 3 is 3.03 bits per heavy atom. The van der Waals surface area contributed by atoms with E-state index in [1.54, 1.807) is 0 Å². The molecule has 2 aliphatic heterocycles. The number of aryl methyl sites for hydroxylation is 1. The van der Waals surface area contributed by atoms with E-state index in [-0.39, 0.29) is 30.1 Å². The third-order valence-corrected chi connectivity index (χ3v) is 8.04. The molecule has 2 fully saturated rings. The zero-order valence-corrected chi connectivity index (χ0v) is 17.3. The van der Waals surface area contributed by atoms with E-state index in [1.807, 2.05) is 11.8 Å². The fourth-order valence-electron chi connectivity index (χ4n) is 5.10. The molecule has 1 aliphatic carbocycles. The molecular weight excluding hydrogens is 384 g/mol. The van der Waals surface area contributed by atoms with Gasteiger partial charge in [0.25, 0.3) is 0 Å². The Balaban J connectivity index is 1.11. The molecule has 6 nitrogen and oxygen atoms in total. The van der Waals surface area contributed by atoms with E-state index in [0.29, 0.717) is 11.7 Å². The molecule has 4 atom stereocenters. The van der Waals surface area contributed by atoms with Crippen molar-refractivity contribution in [2.24, 2.45) is 0 Å². The zero-order chi connectivity index (χ0) is 19.8. The monoisotopic (exact) mass is 412 g/mol. The molecule has 29 heavy (non-hydrogen) atoms. The van der Waals surface area contributed by atoms with E-state index < -0.39 is 0 Å². The number of thioether (sulfide) groups is 1. The molecule has 3 heterocycles. The number of H-pyrrole nitrogens is 1. The van der Waals surface area contributed by atoms with Crippen molar-refractivity contribution in [3.05, 3.63) is 35.5 Å². The lowest BCUT2D eigenvalue weighted by atomic mass is 9.91. The first kappa shape index (κ1) is 18.9. The van der Waals surface area contributed by atoms with E-state index in [9.17, 15) is 9.59 Å². The lowest BCUT2D eigenvalue weighted by molar-refractivity contribution is -0.122. The van der Waals surface area contributed by atoms with Crippen molar-refractivity contribution in [3.63, 3.8) is 0 Å². The lowest BCUT2D eigenvalue weighted by Gasteiger charge is -2.24. The number of unbranched alkanes of at least 4 members (excludes halogenated alkanes) is 1. The number of amides is 3. The third-order valence-electron chi connectivity index (χ3n) is 6.53. The Bertz CT molecular complexity index is 927. The van der Waals surface area contributed by atoms with Crippen LogP contribution in [0.2, 0.25) is 0 Å². The summed E-state index contributed by atoms with van der Waals surface area (Å²) < 4.78 is 0. The Kier molecular flexibility index (Phi) is 5.16. The normalized spacial score (nSPS) is 27.9. The van der Waals surface area contributed by atoms with Crippen LogP contribution in [0.25, 0.3) is 10.9 Å². The number of carbonyl (C=O) groups excluding carboxylic acids is 2. The van der Waals surface area contributed by atoms with Crippen molar-refractivity contribution < 1.29 is 9.59 Å². The van der Waals surface area contributed by atoms with Gasteiger partial charge >= 0.3 is 6.03 Å². The van der Waals surface area contributed by atoms with Crippen molar-refractivity contribution >= 4 is 34.6 Å². The SMILES string of the molecule is O=C(CCCC[C@H]1SC[C@@H]2NC(=O)N[C@@H]21)N[C@H]1CCCc2c1[nH]c1ccccc21. The molecular formula is C22H28N4O2S. The maximum absolute atomic E-state index is 12.6. The molecule has 0 saturated carbocycles. The highest BCUT2D eigenvalue weighted by molar-refractivity contribution is 8.00. The predicted octanol–water partition coefficient (Wildman–Crippen LogP) is 3.39. The van der Waals surface area contributed by atoms with Gasteiger partial charge in [-0.2, -0.15) is 11.8 Å². The maximum atomic E-state index is 12.6. The van der Waals surface area contributed by atoms with Gasteiger partial charge in [-0.05, 0) is 43.7 Å². The Labute approximate surface area is 175 Å². The highest BCUT2D eigenvalue weighted by Crippen LogP contribution is 2.35. The molecule has 1 aromatic carbocycles. The zero-order valence-electron chi connectivity index (χ0n) is 16.5. The number of benzene rings is 1. The molecule has 154 valence electrons. The smallest absolute Gasteiger partial charge is 0.315 e. The van der Waals surface area contributed by atoms with E-state index in [4.69, 9.17) is 0 Å². The standard InChI is InChI=1S/C22H28N4O2S/c27-19(11-4-3-10-18-21-17(12-29-18)25-22(28)26-21)23-16-9-5-7-14-13-6-1-2-8-15(13)24-20(14)16/h1-2,6,8,16-18,21,24H,3-5,7,9-12H2,(H,23,27)(H2,25,26,28)/t16-,17-,18+,21-/m0/s1. The minimum atomic E-state index is -0.0338. The van der Waals surface area contributed by atoms with Gasteiger partial charge in [-0.3, -0.25) is 4.79 Å². The molecule has 0 radical (unpaired) electrons. The first-order chi connectivity index (χ1) is 14.2. The first-order valence-electron chi connectivity index (χ1n) is 10.8. The van der Waals surface area contributed by atoms with Crippen LogP contribution in [-0.2, 0) is 11.2 Å². The summed E-state index contributed by atoms with van der Waals surface area (Å²) in [5.41, 5.74) is 3.74. The number of carbonyl (C=O) groups is 2. The third kappa shape index (κ3) is 3.72. The van der Waals surface area contributed by atoms with Gasteiger partial charge in [0.1, 0.15) is 0 Å². The van der Waals surface area contributed by atoms with Gasteiger partial charge in [0, 0.05) is 34.0 Å². The summed E-state index contributed by atoms with van der Waals surface area (Å²) >= 11 is 1.94. The van der Waals surface area contributed by atoms with Crippen molar-refractivity contribution in [2.75, 3.05) is 5.75 Å². The minimum Gasteiger partial charge on any atom is -0.356 e. The molecule has 0 spiro atoms. The second-order valence-electron chi connectivity index (χ2n) is 8.44. The summed E-state index contributed by atoms with van der Waals surface area (Å²) in [5.74, 6) is 1.14. The molecule has 4 N–H and O–H groups in total. The minimum absolute atomic E-state index is 0.0338. The number of hydrogen-bond donors (Lipinski definition) is 4. The molecule has 7 heteroatoms. The number of rotatable bonds is 6. The number of aromatic nitrogens is 1. The van der Waals surface area contributed by atoms with E-state index in [0.717, 1.165) is 44.3 Å². The van der Waals surface area contributed by atoms with Gasteiger partial charge < -0.3 is 20.9 Å². The summed E-state index contributed by atoms with van der Waals surface area (Å²) in [5, 5.41) is 11.0. The van der Waals surface area contributed by atoms with Crippen LogP contribution in [-0.4, -0.2) is 40.0 Å². The molecule has 0 bridgehead atoms. The maximum Gasteiger partial charge on any atom is 0.315 e. The van der Waals surface area contributed by atoms with Crippen LogP contribution >= 0.6 is 11.8 Å². The van der Waals surface area contributed by atoms with Crippen LogP contribution in [0.15, 0.2) is 24.3 Å². The van der Waals surface area contributed by atoms with Crippen LogP contribution in [0.5, 0.6) is 0 Å². The van der Waals surface area contributed by atoms with Gasteiger partial charge in [0.05, 0.1) is 18.1 Å². The summed E-state index contributed by atoms with van der Waals surface area (Å²) in [4.78, 5) is 27.6. The van der Waals surface area contributed by atoms with Crippen LogP contribution in [0, 0.1) is 0 Å². The molecule has 2 aromatic rings. The second kappa shape index (κ2) is 7.94. The average Bonchev–Trinajstić information content (AvgIpc) is 3.38. The van der Waals surface area contributed by atoms with Crippen molar-refractivity contribution in [2.45, 2.75) is 68.3 Å². The largest absolute Gasteiger partial charge is 0.356 e. The van der Waals surface area contributed by atoms with Crippen molar-refractivity contribution in [1.82, 2.24) is 20.9 Å². The fourth-order valence-corrected chi connectivity index (χ4v) is 6.64. The van der Waals surface area contributed by atoms with Gasteiger partial charge in [-0.1, -0.05) is 24.6 Å². The number of urea groups is 1. The summed E-state index contributed by atoms with van der Waals surface area (Å²) in [6.45, 7) is 0. The number of para-hydroxylation sites is 1. The summed E-state index contributed by atoms with van der Waals surface area (Å²) in [6.07, 6.45) is 6.73. The van der Waals surface area contributed by atoms with Crippen molar-refractivity contribution in [1.29, 1.82) is 0 Å². The molecule has 1 aromatic heterocycles. The number of fused-ring (bicyclic) bond motifs is 4. The second-order valence-corrected chi connectivity index (χ2v) is 9.71. The molecule has 3 amide bonds. The van der Waals surface area contributed by atoms with Crippen LogP contribution < -0.4 is 16.0 Å². The quantitative estimate of drug-likeness (QED) is 0.433. The average molecular weight is 413 g/mol. The van der Waals surface area contributed by atoms with Gasteiger partial charge in [-0.15, -0.1) is 0 Å². The van der Waals surface area contributed by atoms with Gasteiger partial charge in [0.2, 0.25) is 5.91 Å². The van der Waals surface area contributed by atoms with E-state index in [1.165, 1.54) is 22.2 Å². The van der Waals surface area contributed by atoms with Gasteiger partial charge in [-0.25, -0.2) is 4.79 Å².